The molecule has 0 saturated carbocycles. The topological polar surface area (TPSA) is 50.8 Å². The molecule has 1 aliphatic rings. The minimum absolute atomic E-state index is 0.0329. The highest BCUT2D eigenvalue weighted by Gasteiger charge is 2.35. The molecule has 3 rings (SSSR count). The van der Waals surface area contributed by atoms with Crippen LogP contribution >= 0.6 is 12.2 Å². The molecule has 0 saturated heterocycles. The number of methoxy groups -OCH3 is 2. The predicted molar refractivity (Wildman–Crippen MR) is 114 cm³/mol. The number of carbonyl (C=O) groups is 1. The highest BCUT2D eigenvalue weighted by Crippen LogP contribution is 2.38. The molecule has 0 spiro atoms. The van der Waals surface area contributed by atoms with Gasteiger partial charge in [0, 0.05) is 35.0 Å². The second-order valence-corrected chi connectivity index (χ2v) is 6.82. The molecule has 2 aromatic rings. The second-order valence-electron chi connectivity index (χ2n) is 6.43. The Kier molecular flexibility index (Phi) is 5.99. The van der Waals surface area contributed by atoms with Crippen molar-refractivity contribution in [2.75, 3.05) is 20.8 Å². The van der Waals surface area contributed by atoms with Gasteiger partial charge in [-0.2, -0.15) is 0 Å². The third-order valence-corrected chi connectivity index (χ3v) is 5.28. The van der Waals surface area contributed by atoms with Crippen LogP contribution in [0.2, 0.25) is 0 Å². The molecule has 1 heterocycles. The number of allylic oxidation sites excluding steroid dienone is 1. The summed E-state index contributed by atoms with van der Waals surface area (Å²) in [6, 6.07) is 14.4. The predicted octanol–water partition coefficient (Wildman–Crippen LogP) is 4.11. The SMILES string of the molecule is CCN1C(=S)NC(c2ccc(OC)cc2OC)C(C(=O)c2ccccc2)=C1C. The lowest BCUT2D eigenvalue weighted by molar-refractivity contribution is 0.102. The summed E-state index contributed by atoms with van der Waals surface area (Å²) in [7, 11) is 3.21. The van der Waals surface area contributed by atoms with Gasteiger partial charge in [0.15, 0.2) is 10.9 Å². The van der Waals surface area contributed by atoms with Gasteiger partial charge in [0.05, 0.1) is 20.3 Å². The van der Waals surface area contributed by atoms with Crippen molar-refractivity contribution < 1.29 is 14.3 Å². The zero-order chi connectivity index (χ0) is 20.3. The number of Topliss-reactive ketones (excluding diaryl/α,β-unsaturated/α-hetero) is 1. The van der Waals surface area contributed by atoms with E-state index in [9.17, 15) is 4.79 Å². The molecule has 0 aliphatic carbocycles. The Morgan fingerprint density at radius 3 is 2.46 bits per heavy atom. The summed E-state index contributed by atoms with van der Waals surface area (Å²) in [5.74, 6) is 1.29. The number of carbonyl (C=O) groups excluding carboxylic acids is 1. The number of thiocarbonyl (C=S) groups is 1. The minimum atomic E-state index is -0.413. The molecule has 146 valence electrons. The molecule has 1 N–H and O–H groups in total. The molecule has 0 amide bonds. The van der Waals surface area contributed by atoms with Crippen molar-refractivity contribution in [1.82, 2.24) is 10.2 Å². The second kappa shape index (κ2) is 8.44. The number of ether oxygens (including phenoxy) is 2. The van der Waals surface area contributed by atoms with E-state index >= 15 is 0 Å². The zero-order valence-corrected chi connectivity index (χ0v) is 17.3. The summed E-state index contributed by atoms with van der Waals surface area (Å²) in [5, 5.41) is 3.93. The van der Waals surface area contributed by atoms with Gasteiger partial charge in [0.2, 0.25) is 0 Å². The zero-order valence-electron chi connectivity index (χ0n) is 16.5. The Morgan fingerprint density at radius 2 is 1.86 bits per heavy atom. The highest BCUT2D eigenvalue weighted by atomic mass is 32.1. The van der Waals surface area contributed by atoms with Gasteiger partial charge in [0.1, 0.15) is 11.5 Å². The molecule has 5 nitrogen and oxygen atoms in total. The van der Waals surface area contributed by atoms with Gasteiger partial charge >= 0.3 is 0 Å². The lowest BCUT2D eigenvalue weighted by atomic mass is 9.88. The summed E-state index contributed by atoms with van der Waals surface area (Å²) in [5.41, 5.74) is 2.98. The molecule has 1 atom stereocenters. The first-order valence-electron chi connectivity index (χ1n) is 9.12. The molecular formula is C22H24N2O3S. The number of benzene rings is 2. The smallest absolute Gasteiger partial charge is 0.193 e. The number of hydrogen-bond acceptors (Lipinski definition) is 4. The fraction of sp³-hybridized carbons (Fsp3) is 0.273. The fourth-order valence-electron chi connectivity index (χ4n) is 3.49. The number of nitrogens with one attached hydrogen (secondary N) is 1. The standard InChI is InChI=1S/C22H24N2O3S/c1-5-24-14(2)19(21(25)15-9-7-6-8-10-15)20(23-22(24)28)17-12-11-16(26-3)13-18(17)27-4/h6-13,20H,5H2,1-4H3,(H,23,28). The fourth-order valence-corrected chi connectivity index (χ4v) is 3.88. The van der Waals surface area contributed by atoms with Gasteiger partial charge in [-0.3, -0.25) is 4.79 Å². The first-order chi connectivity index (χ1) is 13.5. The van der Waals surface area contributed by atoms with Crippen molar-refractivity contribution >= 4 is 23.1 Å². The molecule has 0 bridgehead atoms. The molecule has 0 fully saturated rings. The molecule has 1 aliphatic heterocycles. The molecule has 6 heteroatoms. The van der Waals surface area contributed by atoms with Crippen molar-refractivity contribution in [3.63, 3.8) is 0 Å². The maximum absolute atomic E-state index is 13.5. The maximum Gasteiger partial charge on any atom is 0.193 e. The van der Waals surface area contributed by atoms with E-state index in [0.717, 1.165) is 11.3 Å². The Hall–Kier alpha value is -2.86. The number of nitrogens with zero attached hydrogens (tertiary/aromatic N) is 1. The molecule has 0 radical (unpaired) electrons. The van der Waals surface area contributed by atoms with Crippen LogP contribution in [0.25, 0.3) is 0 Å². The van der Waals surface area contributed by atoms with E-state index in [1.807, 2.05) is 67.3 Å². The third-order valence-electron chi connectivity index (χ3n) is 4.94. The van der Waals surface area contributed by atoms with Crippen LogP contribution in [-0.4, -0.2) is 36.6 Å². The van der Waals surface area contributed by atoms with Crippen LogP contribution in [-0.2, 0) is 0 Å². The van der Waals surface area contributed by atoms with Crippen molar-refractivity contribution in [3.8, 4) is 11.5 Å². The van der Waals surface area contributed by atoms with Crippen molar-refractivity contribution in [1.29, 1.82) is 0 Å². The molecule has 0 aromatic heterocycles. The Balaban J connectivity index is 2.17. The van der Waals surface area contributed by atoms with E-state index < -0.39 is 6.04 Å². The molecule has 28 heavy (non-hydrogen) atoms. The average molecular weight is 397 g/mol. The van der Waals surface area contributed by atoms with Gasteiger partial charge in [0.25, 0.3) is 0 Å². The first kappa shape index (κ1) is 19.9. The molecule has 2 aromatic carbocycles. The minimum Gasteiger partial charge on any atom is -0.497 e. The summed E-state index contributed by atoms with van der Waals surface area (Å²) >= 11 is 5.57. The molecular weight excluding hydrogens is 372 g/mol. The van der Waals surface area contributed by atoms with Crippen LogP contribution in [0.5, 0.6) is 11.5 Å². The summed E-state index contributed by atoms with van der Waals surface area (Å²) in [6.07, 6.45) is 0. The van der Waals surface area contributed by atoms with Gasteiger partial charge in [-0.15, -0.1) is 0 Å². The van der Waals surface area contributed by atoms with Crippen LogP contribution in [0, 0.1) is 0 Å². The monoisotopic (exact) mass is 396 g/mol. The van der Waals surface area contributed by atoms with Crippen LogP contribution in [0.15, 0.2) is 59.8 Å². The molecule has 1 unspecified atom stereocenters. The van der Waals surface area contributed by atoms with E-state index in [2.05, 4.69) is 5.32 Å². The Bertz CT molecular complexity index is 925. The number of ketones is 1. The van der Waals surface area contributed by atoms with Gasteiger partial charge < -0.3 is 19.7 Å². The van der Waals surface area contributed by atoms with Crippen molar-refractivity contribution in [2.45, 2.75) is 19.9 Å². The number of hydrogen-bond donors (Lipinski definition) is 1. The Morgan fingerprint density at radius 1 is 1.14 bits per heavy atom. The lowest BCUT2D eigenvalue weighted by Gasteiger charge is -2.37. The van der Waals surface area contributed by atoms with E-state index in [0.29, 0.717) is 34.3 Å². The van der Waals surface area contributed by atoms with Crippen LogP contribution in [0.4, 0.5) is 0 Å². The van der Waals surface area contributed by atoms with E-state index in [4.69, 9.17) is 21.7 Å². The quantitative estimate of drug-likeness (QED) is 0.586. The van der Waals surface area contributed by atoms with Crippen LogP contribution in [0.3, 0.4) is 0 Å². The Labute approximate surface area is 170 Å². The van der Waals surface area contributed by atoms with E-state index in [1.54, 1.807) is 14.2 Å². The van der Waals surface area contributed by atoms with Gasteiger partial charge in [-0.25, -0.2) is 0 Å². The summed E-state index contributed by atoms with van der Waals surface area (Å²) < 4.78 is 10.9. The van der Waals surface area contributed by atoms with Crippen molar-refractivity contribution in [2.24, 2.45) is 0 Å². The summed E-state index contributed by atoms with van der Waals surface area (Å²) in [6.45, 7) is 4.63. The van der Waals surface area contributed by atoms with Crippen LogP contribution < -0.4 is 14.8 Å². The van der Waals surface area contributed by atoms with E-state index in [-0.39, 0.29) is 5.78 Å². The first-order valence-corrected chi connectivity index (χ1v) is 9.53. The third kappa shape index (κ3) is 3.60. The highest BCUT2D eigenvalue weighted by molar-refractivity contribution is 7.80. The van der Waals surface area contributed by atoms with Crippen molar-refractivity contribution in [3.05, 3.63) is 70.9 Å². The largest absolute Gasteiger partial charge is 0.497 e. The normalized spacial score (nSPS) is 16.6. The van der Waals surface area contributed by atoms with E-state index in [1.165, 1.54) is 0 Å². The average Bonchev–Trinajstić information content (AvgIpc) is 2.73. The van der Waals surface area contributed by atoms with Gasteiger partial charge in [-0.05, 0) is 38.2 Å². The number of rotatable bonds is 6. The maximum atomic E-state index is 13.5. The van der Waals surface area contributed by atoms with Gasteiger partial charge in [-0.1, -0.05) is 30.3 Å². The lowest BCUT2D eigenvalue weighted by Crippen LogP contribution is -2.47. The van der Waals surface area contributed by atoms with Crippen LogP contribution in [0.1, 0.15) is 35.8 Å². The summed E-state index contributed by atoms with van der Waals surface area (Å²) in [4.78, 5) is 15.4.